The van der Waals surface area contributed by atoms with Gasteiger partial charge in [-0.15, -0.1) is 0 Å². The molecule has 7 heteroatoms. The first-order chi connectivity index (χ1) is 9.71. The molecule has 0 saturated heterocycles. The van der Waals surface area contributed by atoms with Crippen molar-refractivity contribution in [2.45, 2.75) is 26.6 Å². The maximum atomic E-state index is 13.0. The Kier molecular flexibility index (Phi) is 3.76. The summed E-state index contributed by atoms with van der Waals surface area (Å²) in [6.45, 7) is 3.16. The van der Waals surface area contributed by atoms with Crippen LogP contribution in [0.3, 0.4) is 0 Å². The Labute approximate surface area is 119 Å². The summed E-state index contributed by atoms with van der Waals surface area (Å²) in [5, 5.41) is 0. The highest BCUT2D eigenvalue weighted by atomic mass is 19.4. The third kappa shape index (κ3) is 2.91. The van der Waals surface area contributed by atoms with Crippen molar-refractivity contribution in [2.24, 2.45) is 0 Å². The first-order valence-electron chi connectivity index (χ1n) is 6.19. The van der Waals surface area contributed by atoms with E-state index in [1.54, 1.807) is 13.8 Å². The number of pyridine rings is 2. The van der Waals surface area contributed by atoms with Crippen molar-refractivity contribution in [1.82, 2.24) is 9.55 Å². The molecule has 2 N–H and O–H groups in total. The topological polar surface area (TPSA) is 60.9 Å². The molecule has 0 radical (unpaired) electrons. The molecule has 0 atom stereocenters. The highest BCUT2D eigenvalue weighted by Crippen LogP contribution is 2.29. The quantitative estimate of drug-likeness (QED) is 0.926. The zero-order chi connectivity index (χ0) is 15.8. The van der Waals surface area contributed by atoms with Crippen LogP contribution in [0.2, 0.25) is 0 Å². The molecule has 0 aliphatic heterocycles. The van der Waals surface area contributed by atoms with Crippen LogP contribution < -0.4 is 11.3 Å². The van der Waals surface area contributed by atoms with Crippen molar-refractivity contribution < 1.29 is 13.2 Å². The first-order valence-corrected chi connectivity index (χ1v) is 6.19. The molecule has 0 saturated carbocycles. The lowest BCUT2D eigenvalue weighted by atomic mass is 10.1. The number of halogens is 3. The van der Waals surface area contributed by atoms with Gasteiger partial charge in [0.2, 0.25) is 0 Å². The smallest absolute Gasteiger partial charge is 0.398 e. The summed E-state index contributed by atoms with van der Waals surface area (Å²) in [6, 6.07) is 3.04. The average Bonchev–Trinajstić information content (AvgIpc) is 2.40. The Balaban J connectivity index is 2.55. The van der Waals surface area contributed by atoms with Gasteiger partial charge in [0.25, 0.3) is 5.56 Å². The van der Waals surface area contributed by atoms with E-state index in [4.69, 9.17) is 5.73 Å². The fourth-order valence-electron chi connectivity index (χ4n) is 2.03. The van der Waals surface area contributed by atoms with Crippen LogP contribution in [0.5, 0.6) is 0 Å². The van der Waals surface area contributed by atoms with Crippen molar-refractivity contribution in [2.75, 3.05) is 5.73 Å². The summed E-state index contributed by atoms with van der Waals surface area (Å²) in [4.78, 5) is 15.8. The normalized spacial score (nSPS) is 11.7. The van der Waals surface area contributed by atoms with Gasteiger partial charge in [-0.25, -0.2) is 0 Å². The van der Waals surface area contributed by atoms with Gasteiger partial charge in [-0.2, -0.15) is 13.2 Å². The molecule has 2 aromatic heterocycles. The number of aromatic nitrogens is 2. The molecule has 0 amide bonds. The van der Waals surface area contributed by atoms with Gasteiger partial charge in [0.1, 0.15) is 5.69 Å². The minimum atomic E-state index is -4.61. The number of nitrogens with two attached hydrogens (primary N) is 1. The summed E-state index contributed by atoms with van der Waals surface area (Å²) in [6.07, 6.45) is -3.12. The minimum Gasteiger partial charge on any atom is -0.398 e. The lowest BCUT2D eigenvalue weighted by Crippen LogP contribution is -2.28. The zero-order valence-corrected chi connectivity index (χ0v) is 11.5. The minimum absolute atomic E-state index is 0.273. The second-order valence-corrected chi connectivity index (χ2v) is 4.76. The van der Waals surface area contributed by atoms with Gasteiger partial charge in [0, 0.05) is 18.0 Å². The number of nitrogens with zero attached hydrogens (tertiary/aromatic N) is 2. The molecular weight excluding hydrogens is 283 g/mol. The van der Waals surface area contributed by atoms with Crippen molar-refractivity contribution in [3.05, 3.63) is 57.3 Å². The van der Waals surface area contributed by atoms with E-state index in [9.17, 15) is 18.0 Å². The Morgan fingerprint density at radius 2 is 1.95 bits per heavy atom. The summed E-state index contributed by atoms with van der Waals surface area (Å²) in [5.41, 5.74) is 6.25. The van der Waals surface area contributed by atoms with Crippen molar-refractivity contribution in [1.29, 1.82) is 0 Å². The second kappa shape index (κ2) is 5.23. The third-order valence-corrected chi connectivity index (χ3v) is 3.32. The molecule has 112 valence electrons. The van der Waals surface area contributed by atoms with Gasteiger partial charge in [0.15, 0.2) is 0 Å². The lowest BCUT2D eigenvalue weighted by Gasteiger charge is -2.16. The molecule has 0 bridgehead atoms. The van der Waals surface area contributed by atoms with Crippen LogP contribution in [0.1, 0.15) is 22.5 Å². The highest BCUT2D eigenvalue weighted by Gasteiger charge is 2.34. The van der Waals surface area contributed by atoms with Crippen molar-refractivity contribution in [3.8, 4) is 0 Å². The molecule has 2 aromatic rings. The molecular formula is C14H14F3N3O. The van der Waals surface area contributed by atoms with E-state index in [-0.39, 0.29) is 6.54 Å². The maximum Gasteiger partial charge on any atom is 0.431 e. The zero-order valence-electron chi connectivity index (χ0n) is 11.5. The Morgan fingerprint density at radius 1 is 1.29 bits per heavy atom. The number of alkyl halides is 3. The Bertz CT molecular complexity index is 735. The summed E-state index contributed by atoms with van der Waals surface area (Å²) in [7, 11) is 0. The molecule has 2 rings (SSSR count). The number of hydrogen-bond donors (Lipinski definition) is 1. The fourth-order valence-corrected chi connectivity index (χ4v) is 2.03. The van der Waals surface area contributed by atoms with Crippen LogP contribution in [-0.4, -0.2) is 9.55 Å². The van der Waals surface area contributed by atoms with E-state index < -0.39 is 17.4 Å². The van der Waals surface area contributed by atoms with Gasteiger partial charge < -0.3 is 5.73 Å². The predicted molar refractivity (Wildman–Crippen MR) is 72.9 cm³/mol. The van der Waals surface area contributed by atoms with Gasteiger partial charge in [-0.3, -0.25) is 14.3 Å². The van der Waals surface area contributed by atoms with Gasteiger partial charge in [0.05, 0.1) is 12.2 Å². The monoisotopic (exact) mass is 297 g/mol. The number of aryl methyl sites for hydroxylation is 1. The van der Waals surface area contributed by atoms with E-state index in [1.165, 1.54) is 6.20 Å². The Morgan fingerprint density at radius 3 is 2.57 bits per heavy atom. The largest absolute Gasteiger partial charge is 0.431 e. The van der Waals surface area contributed by atoms with Gasteiger partial charge in [-0.1, -0.05) is 6.07 Å². The average molecular weight is 297 g/mol. The number of nitrogen functional groups attached to an aromatic ring is 1. The predicted octanol–water partition coefficient (Wildman–Crippen LogP) is 2.51. The molecule has 21 heavy (non-hydrogen) atoms. The lowest BCUT2D eigenvalue weighted by molar-refractivity contribution is -0.144. The molecule has 0 spiro atoms. The summed E-state index contributed by atoms with van der Waals surface area (Å²) in [5.74, 6) is 0. The molecule has 4 nitrogen and oxygen atoms in total. The molecule has 0 fully saturated rings. The highest BCUT2D eigenvalue weighted by molar-refractivity contribution is 5.53. The number of hydrogen-bond acceptors (Lipinski definition) is 3. The Hall–Kier alpha value is -2.31. The maximum absolute atomic E-state index is 13.0. The van der Waals surface area contributed by atoms with E-state index in [0.717, 1.165) is 23.8 Å². The van der Waals surface area contributed by atoms with E-state index >= 15 is 0 Å². The van der Waals surface area contributed by atoms with E-state index in [1.807, 2.05) is 0 Å². The molecule has 0 aliphatic carbocycles. The SMILES string of the molecule is Cc1cnc(Cn2c(C(F)(F)F)cccc2=O)c(C)c1N. The summed E-state index contributed by atoms with van der Waals surface area (Å²) < 4.78 is 39.6. The molecule has 0 aliphatic rings. The third-order valence-electron chi connectivity index (χ3n) is 3.32. The van der Waals surface area contributed by atoms with E-state index in [0.29, 0.717) is 21.5 Å². The number of rotatable bonds is 2. The van der Waals surface area contributed by atoms with Crippen LogP contribution in [0.25, 0.3) is 0 Å². The van der Waals surface area contributed by atoms with Crippen molar-refractivity contribution >= 4 is 5.69 Å². The molecule has 2 heterocycles. The summed E-state index contributed by atoms with van der Waals surface area (Å²) >= 11 is 0. The molecule has 0 unspecified atom stereocenters. The standard InChI is InChI=1S/C14H14F3N3O/c1-8-6-19-10(9(2)13(8)18)7-20-11(14(15,16)17)4-3-5-12(20)21/h3-6H,7H2,1-2H3,(H2,18,19). The molecule has 0 aromatic carbocycles. The van der Waals surface area contributed by atoms with Crippen molar-refractivity contribution in [3.63, 3.8) is 0 Å². The van der Waals surface area contributed by atoms with E-state index in [2.05, 4.69) is 4.98 Å². The first kappa shape index (κ1) is 15.1. The van der Waals surface area contributed by atoms with Crippen LogP contribution in [0.4, 0.5) is 18.9 Å². The van der Waals surface area contributed by atoms with Gasteiger partial charge in [-0.05, 0) is 31.0 Å². The second-order valence-electron chi connectivity index (χ2n) is 4.76. The van der Waals surface area contributed by atoms with Gasteiger partial charge >= 0.3 is 6.18 Å². The number of anilines is 1. The van der Waals surface area contributed by atoms with Crippen LogP contribution in [0.15, 0.2) is 29.2 Å². The van der Waals surface area contributed by atoms with Crippen LogP contribution in [0, 0.1) is 13.8 Å². The van der Waals surface area contributed by atoms with Crippen LogP contribution in [-0.2, 0) is 12.7 Å². The fraction of sp³-hybridized carbons (Fsp3) is 0.286. The van der Waals surface area contributed by atoms with Crippen LogP contribution >= 0.6 is 0 Å².